The van der Waals surface area contributed by atoms with Gasteiger partial charge in [0.2, 0.25) is 0 Å². The van der Waals surface area contributed by atoms with E-state index in [2.05, 4.69) is 0 Å². The van der Waals surface area contributed by atoms with Gasteiger partial charge in [-0.15, -0.1) is 11.6 Å². The number of ether oxygens (including phenoxy) is 2. The van der Waals surface area contributed by atoms with E-state index in [1.54, 1.807) is 7.11 Å². The second kappa shape index (κ2) is 6.57. The average molecular weight is 228 g/mol. The third-order valence-corrected chi connectivity index (χ3v) is 2.32. The molecule has 0 aliphatic carbocycles. The van der Waals surface area contributed by atoms with Crippen molar-refractivity contribution < 1.29 is 9.47 Å². The highest BCUT2D eigenvalue weighted by molar-refractivity contribution is 6.17. The predicted molar refractivity (Wildman–Crippen MR) is 62.9 cm³/mol. The summed E-state index contributed by atoms with van der Waals surface area (Å²) in [6, 6.07) is 5.87. The number of rotatable bonds is 6. The minimum Gasteiger partial charge on any atom is -0.493 e. The van der Waals surface area contributed by atoms with Crippen LogP contribution in [0.3, 0.4) is 0 Å². The van der Waals surface area contributed by atoms with Gasteiger partial charge in [-0.3, -0.25) is 0 Å². The van der Waals surface area contributed by atoms with Gasteiger partial charge in [-0.1, -0.05) is 13.0 Å². The van der Waals surface area contributed by atoms with Gasteiger partial charge in [0, 0.05) is 5.88 Å². The van der Waals surface area contributed by atoms with Crippen LogP contribution in [0.1, 0.15) is 18.9 Å². The van der Waals surface area contributed by atoms with Crippen LogP contribution in [0.15, 0.2) is 18.2 Å². The Morgan fingerprint density at radius 3 is 2.73 bits per heavy atom. The maximum atomic E-state index is 5.57. The molecule has 1 aromatic rings. The smallest absolute Gasteiger partial charge is 0.161 e. The van der Waals surface area contributed by atoms with E-state index in [9.17, 15) is 0 Å². The number of benzene rings is 1. The SMILES string of the molecule is C[CH]c1ccc(OCCCCl)c(OC)c1. The highest BCUT2D eigenvalue weighted by atomic mass is 35.5. The van der Waals surface area contributed by atoms with Gasteiger partial charge in [0.25, 0.3) is 0 Å². The molecule has 0 aliphatic heterocycles. The fourth-order valence-corrected chi connectivity index (χ4v) is 1.33. The number of methoxy groups -OCH3 is 1. The fraction of sp³-hybridized carbons (Fsp3) is 0.417. The second-order valence-corrected chi connectivity index (χ2v) is 3.47. The lowest BCUT2D eigenvalue weighted by Gasteiger charge is -2.11. The van der Waals surface area contributed by atoms with Crippen molar-refractivity contribution in [1.29, 1.82) is 0 Å². The summed E-state index contributed by atoms with van der Waals surface area (Å²) in [5, 5.41) is 0. The van der Waals surface area contributed by atoms with Crippen LogP contribution in [-0.4, -0.2) is 19.6 Å². The molecule has 0 saturated heterocycles. The van der Waals surface area contributed by atoms with E-state index < -0.39 is 0 Å². The first-order valence-corrected chi connectivity index (χ1v) is 5.51. The van der Waals surface area contributed by atoms with E-state index in [0.29, 0.717) is 12.5 Å². The Kier molecular flexibility index (Phi) is 5.33. The van der Waals surface area contributed by atoms with Crippen molar-refractivity contribution in [3.8, 4) is 11.5 Å². The Hall–Kier alpha value is -0.890. The van der Waals surface area contributed by atoms with Crippen molar-refractivity contribution in [3.05, 3.63) is 30.2 Å². The fourth-order valence-electron chi connectivity index (χ4n) is 1.22. The van der Waals surface area contributed by atoms with E-state index >= 15 is 0 Å². The van der Waals surface area contributed by atoms with Crippen LogP contribution < -0.4 is 9.47 Å². The van der Waals surface area contributed by atoms with Gasteiger partial charge in [-0.05, 0) is 30.5 Å². The van der Waals surface area contributed by atoms with E-state index in [1.165, 1.54) is 0 Å². The number of hydrogen-bond acceptors (Lipinski definition) is 2. The molecule has 1 radical (unpaired) electrons. The number of halogens is 1. The monoisotopic (exact) mass is 227 g/mol. The van der Waals surface area contributed by atoms with Gasteiger partial charge in [-0.2, -0.15) is 0 Å². The molecule has 0 unspecified atom stereocenters. The number of hydrogen-bond donors (Lipinski definition) is 0. The molecular formula is C12H16ClO2. The molecule has 3 heteroatoms. The molecule has 0 amide bonds. The average Bonchev–Trinajstić information content (AvgIpc) is 2.29. The molecule has 0 saturated carbocycles. The summed E-state index contributed by atoms with van der Waals surface area (Å²) in [5.41, 5.74) is 1.12. The van der Waals surface area contributed by atoms with Gasteiger partial charge in [0.1, 0.15) is 0 Å². The molecule has 0 heterocycles. The standard InChI is InChI=1S/C12H16ClO2/c1-3-10-5-6-11(12(9-10)14-2)15-8-4-7-13/h3,5-6,9H,4,7-8H2,1-2H3. The lowest BCUT2D eigenvalue weighted by molar-refractivity contribution is 0.295. The molecule has 1 aromatic carbocycles. The highest BCUT2D eigenvalue weighted by Crippen LogP contribution is 2.28. The summed E-state index contributed by atoms with van der Waals surface area (Å²) in [4.78, 5) is 0. The Morgan fingerprint density at radius 2 is 2.13 bits per heavy atom. The third kappa shape index (κ3) is 3.63. The minimum atomic E-state index is 0.614. The Bertz CT molecular complexity index is 300. The molecule has 0 atom stereocenters. The van der Waals surface area contributed by atoms with Crippen LogP contribution in [-0.2, 0) is 0 Å². The summed E-state index contributed by atoms with van der Waals surface area (Å²) in [6.45, 7) is 2.61. The summed E-state index contributed by atoms with van der Waals surface area (Å²) < 4.78 is 10.8. The maximum absolute atomic E-state index is 5.57. The molecule has 0 aromatic heterocycles. The second-order valence-electron chi connectivity index (χ2n) is 3.09. The molecule has 2 nitrogen and oxygen atoms in total. The van der Waals surface area contributed by atoms with Crippen molar-refractivity contribution in [1.82, 2.24) is 0 Å². The quantitative estimate of drug-likeness (QED) is 0.549. The topological polar surface area (TPSA) is 18.5 Å². The van der Waals surface area contributed by atoms with Gasteiger partial charge < -0.3 is 9.47 Å². The summed E-state index contributed by atoms with van der Waals surface area (Å²) >= 11 is 5.57. The van der Waals surface area contributed by atoms with Crippen LogP contribution in [0.5, 0.6) is 11.5 Å². The third-order valence-electron chi connectivity index (χ3n) is 2.06. The minimum absolute atomic E-state index is 0.614. The van der Waals surface area contributed by atoms with Crippen molar-refractivity contribution in [2.75, 3.05) is 19.6 Å². The zero-order valence-electron chi connectivity index (χ0n) is 9.13. The normalized spacial score (nSPS) is 10.1. The number of alkyl halides is 1. The van der Waals surface area contributed by atoms with Crippen LogP contribution in [0.4, 0.5) is 0 Å². The maximum Gasteiger partial charge on any atom is 0.161 e. The summed E-state index contributed by atoms with van der Waals surface area (Å²) in [5.74, 6) is 2.15. The molecule has 15 heavy (non-hydrogen) atoms. The van der Waals surface area contributed by atoms with Crippen LogP contribution in [0, 0.1) is 6.42 Å². The molecule has 1 rings (SSSR count). The predicted octanol–water partition coefficient (Wildman–Crippen LogP) is 3.28. The first-order valence-electron chi connectivity index (χ1n) is 4.98. The van der Waals surface area contributed by atoms with E-state index in [1.807, 2.05) is 31.5 Å². The van der Waals surface area contributed by atoms with Gasteiger partial charge in [0.15, 0.2) is 11.5 Å². The Labute approximate surface area is 96.2 Å². The Balaban J connectivity index is 2.69. The van der Waals surface area contributed by atoms with E-state index in [-0.39, 0.29) is 0 Å². The van der Waals surface area contributed by atoms with Gasteiger partial charge in [-0.25, -0.2) is 0 Å². The van der Waals surface area contributed by atoms with Crippen molar-refractivity contribution >= 4 is 11.6 Å². The zero-order valence-corrected chi connectivity index (χ0v) is 9.88. The lowest BCUT2D eigenvalue weighted by Crippen LogP contribution is -2.00. The van der Waals surface area contributed by atoms with Crippen molar-refractivity contribution in [2.45, 2.75) is 13.3 Å². The molecule has 83 valence electrons. The Morgan fingerprint density at radius 1 is 1.33 bits per heavy atom. The van der Waals surface area contributed by atoms with E-state index in [4.69, 9.17) is 21.1 Å². The van der Waals surface area contributed by atoms with Gasteiger partial charge >= 0.3 is 0 Å². The lowest BCUT2D eigenvalue weighted by atomic mass is 10.1. The highest BCUT2D eigenvalue weighted by Gasteiger charge is 2.04. The summed E-state index contributed by atoms with van der Waals surface area (Å²) in [6.07, 6.45) is 2.86. The molecular weight excluding hydrogens is 212 g/mol. The first kappa shape index (κ1) is 12.2. The molecule has 0 spiro atoms. The van der Waals surface area contributed by atoms with Crippen molar-refractivity contribution in [3.63, 3.8) is 0 Å². The molecule has 0 aliphatic rings. The van der Waals surface area contributed by atoms with E-state index in [0.717, 1.165) is 23.5 Å². The first-order chi connectivity index (χ1) is 7.31. The van der Waals surface area contributed by atoms with Crippen LogP contribution >= 0.6 is 11.6 Å². The van der Waals surface area contributed by atoms with Crippen molar-refractivity contribution in [2.24, 2.45) is 0 Å². The largest absolute Gasteiger partial charge is 0.493 e. The molecule has 0 bridgehead atoms. The zero-order chi connectivity index (χ0) is 11.1. The van der Waals surface area contributed by atoms with Crippen LogP contribution in [0.25, 0.3) is 0 Å². The van der Waals surface area contributed by atoms with Crippen LogP contribution in [0.2, 0.25) is 0 Å². The summed E-state index contributed by atoms with van der Waals surface area (Å²) in [7, 11) is 1.64. The molecule has 0 fully saturated rings. The molecule has 0 N–H and O–H groups in total. The van der Waals surface area contributed by atoms with Gasteiger partial charge in [0.05, 0.1) is 13.7 Å².